The third-order valence-electron chi connectivity index (χ3n) is 5.64. The number of carbonyl (C=O) groups is 1. The van der Waals surface area contributed by atoms with Crippen LogP contribution < -0.4 is 4.74 Å². The molecule has 2 aliphatic rings. The summed E-state index contributed by atoms with van der Waals surface area (Å²) < 4.78 is 46.0. The lowest BCUT2D eigenvalue weighted by molar-refractivity contribution is -0.117. The molecule has 4 rings (SSSR count). The van der Waals surface area contributed by atoms with Gasteiger partial charge in [-0.05, 0) is 36.0 Å². The van der Waals surface area contributed by atoms with E-state index in [2.05, 4.69) is 0 Å². The van der Waals surface area contributed by atoms with Crippen LogP contribution in [-0.4, -0.2) is 18.2 Å². The standard InChI is InChI=1S/C23H22F2O4/c1-15(23-8-7-18(26)11-22(23)28-14-29-23)9-17-10-20(25)21(12-19(17)24)27-13-16-5-3-2-4-6-16/h2-6,10-12,15H,7-9,13-14H2,1H3/t15-,23+/m0/s1. The van der Waals surface area contributed by atoms with Crippen LogP contribution in [0.25, 0.3) is 0 Å². The Labute approximate surface area is 168 Å². The van der Waals surface area contributed by atoms with Gasteiger partial charge in [-0.3, -0.25) is 4.79 Å². The van der Waals surface area contributed by atoms with Crippen molar-refractivity contribution >= 4 is 5.78 Å². The molecule has 6 heteroatoms. The van der Waals surface area contributed by atoms with E-state index in [9.17, 15) is 13.6 Å². The maximum Gasteiger partial charge on any atom is 0.189 e. The second-order valence-electron chi connectivity index (χ2n) is 7.52. The average molecular weight is 400 g/mol. The SMILES string of the molecule is C[C@@H](Cc1cc(F)c(OCc2ccccc2)cc1F)[C@]12CCC(=O)C=C1OCO2. The number of hydrogen-bond acceptors (Lipinski definition) is 4. The van der Waals surface area contributed by atoms with Crippen LogP contribution in [0.2, 0.25) is 0 Å². The number of rotatable bonds is 6. The first kappa shape index (κ1) is 19.6. The van der Waals surface area contributed by atoms with Crippen LogP contribution >= 0.6 is 0 Å². The summed E-state index contributed by atoms with van der Waals surface area (Å²) in [6, 6.07) is 11.6. The summed E-state index contributed by atoms with van der Waals surface area (Å²) in [5.74, 6) is -0.982. The third-order valence-corrected chi connectivity index (χ3v) is 5.64. The summed E-state index contributed by atoms with van der Waals surface area (Å²) >= 11 is 0. The molecule has 1 aliphatic heterocycles. The molecule has 0 aromatic heterocycles. The Balaban J connectivity index is 1.50. The Morgan fingerprint density at radius 2 is 1.97 bits per heavy atom. The molecule has 152 valence electrons. The quantitative estimate of drug-likeness (QED) is 0.704. The summed E-state index contributed by atoms with van der Waals surface area (Å²) in [6.07, 6.45) is 2.53. The van der Waals surface area contributed by atoms with Gasteiger partial charge in [-0.1, -0.05) is 37.3 Å². The molecule has 1 heterocycles. The van der Waals surface area contributed by atoms with Gasteiger partial charge in [0.1, 0.15) is 23.8 Å². The van der Waals surface area contributed by atoms with E-state index in [-0.39, 0.29) is 42.8 Å². The molecular weight excluding hydrogens is 378 g/mol. The lowest BCUT2D eigenvalue weighted by Gasteiger charge is -2.35. The van der Waals surface area contributed by atoms with Crippen molar-refractivity contribution in [3.05, 3.63) is 77.1 Å². The molecular formula is C23H22F2O4. The fourth-order valence-corrected chi connectivity index (χ4v) is 3.98. The van der Waals surface area contributed by atoms with Gasteiger partial charge in [-0.25, -0.2) is 8.78 Å². The van der Waals surface area contributed by atoms with E-state index < -0.39 is 17.2 Å². The third kappa shape index (κ3) is 3.90. The lowest BCUT2D eigenvalue weighted by atomic mass is 9.76. The van der Waals surface area contributed by atoms with Crippen LogP contribution in [0.4, 0.5) is 8.78 Å². The van der Waals surface area contributed by atoms with E-state index in [1.807, 2.05) is 37.3 Å². The highest BCUT2D eigenvalue weighted by Gasteiger charge is 2.49. The minimum Gasteiger partial charge on any atom is -0.486 e. The number of fused-ring (bicyclic) bond motifs is 1. The normalized spacial score (nSPS) is 21.9. The predicted octanol–water partition coefficient (Wildman–Crippen LogP) is 4.71. The molecule has 0 saturated carbocycles. The molecule has 0 bridgehead atoms. The minimum atomic E-state index is -0.765. The van der Waals surface area contributed by atoms with Crippen LogP contribution in [0, 0.1) is 17.6 Å². The van der Waals surface area contributed by atoms with Crippen molar-refractivity contribution in [1.82, 2.24) is 0 Å². The number of hydrogen-bond donors (Lipinski definition) is 0. The van der Waals surface area contributed by atoms with Gasteiger partial charge in [0.2, 0.25) is 0 Å². The largest absolute Gasteiger partial charge is 0.486 e. The highest BCUT2D eigenvalue weighted by molar-refractivity contribution is 5.91. The Kier molecular flexibility index (Phi) is 5.37. The number of carbonyl (C=O) groups excluding carboxylic acids is 1. The minimum absolute atomic E-state index is 0.00883. The van der Waals surface area contributed by atoms with Gasteiger partial charge in [0, 0.05) is 18.6 Å². The second kappa shape index (κ2) is 7.95. The zero-order chi connectivity index (χ0) is 20.4. The van der Waals surface area contributed by atoms with E-state index in [4.69, 9.17) is 14.2 Å². The molecule has 2 aromatic rings. The van der Waals surface area contributed by atoms with Gasteiger partial charge in [0.25, 0.3) is 0 Å². The highest BCUT2D eigenvalue weighted by atomic mass is 19.1. The summed E-state index contributed by atoms with van der Waals surface area (Å²) in [5, 5.41) is 0. The van der Waals surface area contributed by atoms with E-state index in [0.29, 0.717) is 18.6 Å². The molecule has 0 spiro atoms. The van der Waals surface area contributed by atoms with Crippen molar-refractivity contribution < 1.29 is 27.8 Å². The molecule has 1 fully saturated rings. The zero-order valence-electron chi connectivity index (χ0n) is 16.1. The molecule has 2 aromatic carbocycles. The summed E-state index contributed by atoms with van der Waals surface area (Å²) in [7, 11) is 0. The Bertz CT molecular complexity index is 941. The number of benzene rings is 2. The van der Waals surface area contributed by atoms with E-state index >= 15 is 0 Å². The number of ketones is 1. The van der Waals surface area contributed by atoms with Crippen LogP contribution in [0.5, 0.6) is 5.75 Å². The first-order chi connectivity index (χ1) is 14.0. The van der Waals surface area contributed by atoms with Crippen molar-refractivity contribution in [3.8, 4) is 5.75 Å². The van der Waals surface area contributed by atoms with Gasteiger partial charge in [-0.15, -0.1) is 0 Å². The van der Waals surface area contributed by atoms with Crippen LogP contribution in [0.15, 0.2) is 54.3 Å². The molecule has 4 nitrogen and oxygen atoms in total. The molecule has 0 radical (unpaired) electrons. The maximum atomic E-state index is 14.7. The molecule has 1 aliphatic carbocycles. The fourth-order valence-electron chi connectivity index (χ4n) is 3.98. The van der Waals surface area contributed by atoms with E-state index in [0.717, 1.165) is 11.6 Å². The van der Waals surface area contributed by atoms with Crippen molar-refractivity contribution in [2.24, 2.45) is 5.92 Å². The topological polar surface area (TPSA) is 44.8 Å². The lowest BCUT2D eigenvalue weighted by Crippen LogP contribution is -2.41. The van der Waals surface area contributed by atoms with Crippen molar-refractivity contribution in [2.75, 3.05) is 6.79 Å². The van der Waals surface area contributed by atoms with Gasteiger partial charge < -0.3 is 14.2 Å². The summed E-state index contributed by atoms with van der Waals surface area (Å²) in [4.78, 5) is 11.7. The Morgan fingerprint density at radius 3 is 2.76 bits per heavy atom. The summed E-state index contributed by atoms with van der Waals surface area (Å²) in [5.41, 5.74) is 0.344. The fraction of sp³-hybridized carbons (Fsp3) is 0.348. The highest BCUT2D eigenvalue weighted by Crippen LogP contribution is 2.44. The number of allylic oxidation sites excluding steroid dienone is 1. The monoisotopic (exact) mass is 400 g/mol. The van der Waals surface area contributed by atoms with E-state index in [1.165, 1.54) is 12.1 Å². The maximum absolute atomic E-state index is 14.7. The summed E-state index contributed by atoms with van der Waals surface area (Å²) in [6.45, 7) is 2.12. The number of halogens is 2. The van der Waals surface area contributed by atoms with Crippen molar-refractivity contribution in [3.63, 3.8) is 0 Å². The molecule has 0 unspecified atom stereocenters. The molecule has 2 atom stereocenters. The van der Waals surface area contributed by atoms with E-state index in [1.54, 1.807) is 0 Å². The zero-order valence-corrected chi connectivity index (χ0v) is 16.1. The van der Waals surface area contributed by atoms with Gasteiger partial charge >= 0.3 is 0 Å². The van der Waals surface area contributed by atoms with Crippen LogP contribution in [0.3, 0.4) is 0 Å². The van der Waals surface area contributed by atoms with Gasteiger partial charge in [0.15, 0.2) is 24.1 Å². The Hall–Kier alpha value is -2.73. The van der Waals surface area contributed by atoms with Crippen molar-refractivity contribution in [2.45, 2.75) is 38.4 Å². The first-order valence-electron chi connectivity index (χ1n) is 9.64. The molecule has 29 heavy (non-hydrogen) atoms. The smallest absolute Gasteiger partial charge is 0.189 e. The Morgan fingerprint density at radius 1 is 1.17 bits per heavy atom. The first-order valence-corrected chi connectivity index (χ1v) is 9.64. The van der Waals surface area contributed by atoms with Gasteiger partial charge in [0.05, 0.1) is 0 Å². The number of ether oxygens (including phenoxy) is 3. The average Bonchev–Trinajstić information content (AvgIpc) is 3.14. The van der Waals surface area contributed by atoms with Gasteiger partial charge in [-0.2, -0.15) is 0 Å². The van der Waals surface area contributed by atoms with Crippen LogP contribution in [0.1, 0.15) is 30.9 Å². The van der Waals surface area contributed by atoms with Crippen molar-refractivity contribution in [1.29, 1.82) is 0 Å². The molecule has 0 N–H and O–H groups in total. The molecule has 0 amide bonds. The predicted molar refractivity (Wildman–Crippen MR) is 102 cm³/mol. The second-order valence-corrected chi connectivity index (χ2v) is 7.52. The molecule has 1 saturated heterocycles. The van der Waals surface area contributed by atoms with Crippen LogP contribution in [-0.2, 0) is 27.3 Å².